The van der Waals surface area contributed by atoms with Gasteiger partial charge in [-0.05, 0) is 49.5 Å². The minimum Gasteiger partial charge on any atom is -0.350 e. The first-order valence-electron chi connectivity index (χ1n) is 8.98. The summed E-state index contributed by atoms with van der Waals surface area (Å²) in [6.07, 6.45) is 2.59. The number of carbonyl (C=O) groups is 1. The van der Waals surface area contributed by atoms with Crippen LogP contribution in [-0.2, 0) is 23.4 Å². The lowest BCUT2D eigenvalue weighted by molar-refractivity contribution is -0.126. The third kappa shape index (κ3) is 4.47. The van der Waals surface area contributed by atoms with Gasteiger partial charge >= 0.3 is 0 Å². The van der Waals surface area contributed by atoms with Crippen LogP contribution in [0.5, 0.6) is 0 Å². The molecule has 0 saturated carbocycles. The molecule has 132 valence electrons. The maximum atomic E-state index is 12.6. The van der Waals surface area contributed by atoms with Crippen molar-refractivity contribution in [1.29, 1.82) is 0 Å². The second kappa shape index (κ2) is 7.81. The monoisotopic (exact) mass is 337 g/mol. The van der Waals surface area contributed by atoms with Crippen molar-refractivity contribution < 1.29 is 4.79 Å². The molecule has 1 saturated heterocycles. The van der Waals surface area contributed by atoms with E-state index in [1.165, 1.54) is 31.5 Å². The number of carbonyl (C=O) groups excluding carboxylic acids is 1. The number of hydrogen-bond acceptors (Lipinski definition) is 3. The second-order valence-electron chi connectivity index (χ2n) is 7.05. The summed E-state index contributed by atoms with van der Waals surface area (Å²) < 4.78 is 0. The van der Waals surface area contributed by atoms with E-state index in [1.807, 2.05) is 36.4 Å². The van der Waals surface area contributed by atoms with Crippen molar-refractivity contribution in [2.24, 2.45) is 5.73 Å². The summed E-state index contributed by atoms with van der Waals surface area (Å²) in [7, 11) is 0. The molecule has 2 aromatic rings. The van der Waals surface area contributed by atoms with Gasteiger partial charge < -0.3 is 11.1 Å². The van der Waals surface area contributed by atoms with Crippen molar-refractivity contribution in [3.8, 4) is 0 Å². The molecule has 0 radical (unpaired) electrons. The van der Waals surface area contributed by atoms with E-state index in [1.54, 1.807) is 6.92 Å². The maximum absolute atomic E-state index is 12.6. The summed E-state index contributed by atoms with van der Waals surface area (Å²) in [4.78, 5) is 15.0. The minimum absolute atomic E-state index is 0.163. The predicted molar refractivity (Wildman–Crippen MR) is 101 cm³/mol. The number of amides is 1. The highest BCUT2D eigenvalue weighted by Gasteiger charge is 2.29. The molecule has 0 aliphatic carbocycles. The smallest absolute Gasteiger partial charge is 0.244 e. The maximum Gasteiger partial charge on any atom is 0.244 e. The third-order valence-corrected chi connectivity index (χ3v) is 4.89. The Hall–Kier alpha value is -2.17. The van der Waals surface area contributed by atoms with Gasteiger partial charge in [0.2, 0.25) is 5.91 Å². The first kappa shape index (κ1) is 17.6. The summed E-state index contributed by atoms with van der Waals surface area (Å²) in [5.74, 6) is -0.163. The third-order valence-electron chi connectivity index (χ3n) is 4.89. The summed E-state index contributed by atoms with van der Waals surface area (Å²) in [5, 5.41) is 2.98. The Morgan fingerprint density at radius 3 is 2.48 bits per heavy atom. The molecule has 1 heterocycles. The summed E-state index contributed by atoms with van der Waals surface area (Å²) >= 11 is 0. The molecular weight excluding hydrogens is 310 g/mol. The Labute approximate surface area is 150 Å². The normalized spacial score (nSPS) is 17.2. The van der Waals surface area contributed by atoms with Crippen LogP contribution in [0.15, 0.2) is 54.6 Å². The van der Waals surface area contributed by atoms with E-state index in [0.29, 0.717) is 6.54 Å². The molecule has 0 bridgehead atoms. The second-order valence-corrected chi connectivity index (χ2v) is 7.05. The molecule has 3 rings (SSSR count). The number of benzene rings is 2. The molecule has 1 atom stereocenters. The molecule has 2 aromatic carbocycles. The van der Waals surface area contributed by atoms with Gasteiger partial charge in [0.1, 0.15) is 5.54 Å². The van der Waals surface area contributed by atoms with Gasteiger partial charge in [0.15, 0.2) is 0 Å². The molecule has 25 heavy (non-hydrogen) atoms. The van der Waals surface area contributed by atoms with Crippen LogP contribution in [0.1, 0.15) is 36.5 Å². The molecular formula is C21H27N3O. The van der Waals surface area contributed by atoms with Gasteiger partial charge in [0, 0.05) is 13.1 Å². The Bertz CT molecular complexity index is 706. The minimum atomic E-state index is -1.03. The average Bonchev–Trinajstić information content (AvgIpc) is 3.13. The summed E-state index contributed by atoms with van der Waals surface area (Å²) in [5.41, 5.74) is 8.45. The van der Waals surface area contributed by atoms with E-state index in [2.05, 4.69) is 28.4 Å². The van der Waals surface area contributed by atoms with Crippen LogP contribution >= 0.6 is 0 Å². The first-order valence-corrected chi connectivity index (χ1v) is 8.98. The van der Waals surface area contributed by atoms with Gasteiger partial charge in [-0.15, -0.1) is 0 Å². The van der Waals surface area contributed by atoms with Crippen molar-refractivity contribution in [3.05, 3.63) is 71.3 Å². The Balaban J connectivity index is 1.60. The van der Waals surface area contributed by atoms with E-state index in [4.69, 9.17) is 5.73 Å². The fraction of sp³-hybridized carbons (Fsp3) is 0.381. The highest BCUT2D eigenvalue weighted by Crippen LogP contribution is 2.18. The Morgan fingerprint density at radius 2 is 1.76 bits per heavy atom. The number of nitrogens with zero attached hydrogens (tertiary/aromatic N) is 1. The molecule has 1 aliphatic heterocycles. The number of rotatable bonds is 6. The molecule has 3 N–H and O–H groups in total. The lowest BCUT2D eigenvalue weighted by Gasteiger charge is -2.24. The molecule has 1 amide bonds. The van der Waals surface area contributed by atoms with Crippen LogP contribution in [0.3, 0.4) is 0 Å². The van der Waals surface area contributed by atoms with Crippen LogP contribution in [0, 0.1) is 0 Å². The topological polar surface area (TPSA) is 58.4 Å². The number of hydrogen-bond donors (Lipinski definition) is 2. The zero-order valence-electron chi connectivity index (χ0n) is 14.9. The highest BCUT2D eigenvalue weighted by atomic mass is 16.2. The molecule has 4 heteroatoms. The largest absolute Gasteiger partial charge is 0.350 e. The standard InChI is InChI=1S/C21H27N3O/c1-21(22,19-10-3-2-4-11-19)20(25)23-15-17-8-7-9-18(14-17)16-24-12-5-6-13-24/h2-4,7-11,14H,5-6,12-13,15-16,22H2,1H3,(H,23,25). The van der Waals surface area contributed by atoms with E-state index in [9.17, 15) is 4.79 Å². The fourth-order valence-electron chi connectivity index (χ4n) is 3.32. The molecule has 1 aliphatic rings. The lowest BCUT2D eigenvalue weighted by atomic mass is 9.92. The van der Waals surface area contributed by atoms with Gasteiger partial charge in [-0.25, -0.2) is 0 Å². The van der Waals surface area contributed by atoms with Gasteiger partial charge in [0.05, 0.1) is 0 Å². The van der Waals surface area contributed by atoms with E-state index < -0.39 is 5.54 Å². The zero-order chi connectivity index (χ0) is 17.7. The van der Waals surface area contributed by atoms with E-state index in [0.717, 1.165) is 17.7 Å². The highest BCUT2D eigenvalue weighted by molar-refractivity contribution is 5.86. The SMILES string of the molecule is CC(N)(C(=O)NCc1cccc(CN2CCCC2)c1)c1ccccc1. The van der Waals surface area contributed by atoms with E-state index >= 15 is 0 Å². The summed E-state index contributed by atoms with van der Waals surface area (Å²) in [6.45, 7) is 5.60. The van der Waals surface area contributed by atoms with Crippen molar-refractivity contribution >= 4 is 5.91 Å². The fourth-order valence-corrected chi connectivity index (χ4v) is 3.32. The molecule has 1 fully saturated rings. The van der Waals surface area contributed by atoms with Gasteiger partial charge in [-0.2, -0.15) is 0 Å². The Morgan fingerprint density at radius 1 is 1.08 bits per heavy atom. The predicted octanol–water partition coefficient (Wildman–Crippen LogP) is 2.77. The van der Waals surface area contributed by atoms with E-state index in [-0.39, 0.29) is 5.91 Å². The van der Waals surface area contributed by atoms with Crippen LogP contribution in [0.2, 0.25) is 0 Å². The molecule has 0 spiro atoms. The van der Waals surface area contributed by atoms with Crippen LogP contribution < -0.4 is 11.1 Å². The van der Waals surface area contributed by atoms with Crippen molar-refractivity contribution in [1.82, 2.24) is 10.2 Å². The molecule has 0 aromatic heterocycles. The van der Waals surface area contributed by atoms with Gasteiger partial charge in [0.25, 0.3) is 0 Å². The van der Waals surface area contributed by atoms with Crippen LogP contribution in [0.25, 0.3) is 0 Å². The van der Waals surface area contributed by atoms with Crippen molar-refractivity contribution in [3.63, 3.8) is 0 Å². The number of nitrogens with two attached hydrogens (primary N) is 1. The molecule has 4 nitrogen and oxygen atoms in total. The Kier molecular flexibility index (Phi) is 5.51. The lowest BCUT2D eigenvalue weighted by Crippen LogP contribution is -2.48. The number of likely N-dealkylation sites (tertiary alicyclic amines) is 1. The molecule has 1 unspecified atom stereocenters. The van der Waals surface area contributed by atoms with Crippen LogP contribution in [-0.4, -0.2) is 23.9 Å². The quantitative estimate of drug-likeness (QED) is 0.852. The van der Waals surface area contributed by atoms with Gasteiger partial charge in [-0.3, -0.25) is 9.69 Å². The van der Waals surface area contributed by atoms with Crippen LogP contribution in [0.4, 0.5) is 0 Å². The number of nitrogens with one attached hydrogen (secondary N) is 1. The van der Waals surface area contributed by atoms with Gasteiger partial charge in [-0.1, -0.05) is 54.6 Å². The summed E-state index contributed by atoms with van der Waals surface area (Å²) in [6, 6.07) is 17.9. The van der Waals surface area contributed by atoms with Crippen molar-refractivity contribution in [2.45, 2.75) is 38.4 Å². The zero-order valence-corrected chi connectivity index (χ0v) is 14.9. The average molecular weight is 337 g/mol. The first-order chi connectivity index (χ1) is 12.1. The van der Waals surface area contributed by atoms with Crippen molar-refractivity contribution in [2.75, 3.05) is 13.1 Å².